The second-order valence-electron chi connectivity index (χ2n) is 4.98. The molecule has 2 aromatic heterocycles. The van der Waals surface area contributed by atoms with Crippen molar-refractivity contribution in [3.05, 3.63) is 29.7 Å². The van der Waals surface area contributed by atoms with Crippen LogP contribution in [-0.2, 0) is 0 Å². The highest BCUT2D eigenvalue weighted by Gasteiger charge is 2.28. The first-order valence-corrected chi connectivity index (χ1v) is 6.80. The third-order valence-electron chi connectivity index (χ3n) is 3.56. The van der Waals surface area contributed by atoms with E-state index in [1.165, 1.54) is 12.8 Å². The molecule has 0 atom stereocenters. The van der Waals surface area contributed by atoms with Crippen LogP contribution in [0.1, 0.15) is 30.1 Å². The van der Waals surface area contributed by atoms with Crippen molar-refractivity contribution in [3.63, 3.8) is 0 Å². The molecule has 104 valence electrons. The van der Waals surface area contributed by atoms with Gasteiger partial charge in [-0.1, -0.05) is 0 Å². The van der Waals surface area contributed by atoms with Crippen molar-refractivity contribution in [1.82, 2.24) is 15.0 Å². The number of ether oxygens (including phenoxy) is 1. The standard InChI is InChI=1S/C15H18N4O/c1-9-12(13-11(20-3)5-4-8-17-13)18-15(10-6-7-10)19-14(9)16-2/h4-5,8,10H,6-7H2,1-3H3,(H,16,18,19). The molecule has 20 heavy (non-hydrogen) atoms. The maximum atomic E-state index is 5.40. The Morgan fingerprint density at radius 3 is 2.70 bits per heavy atom. The molecule has 1 fully saturated rings. The molecule has 0 aromatic carbocycles. The fraction of sp³-hybridized carbons (Fsp3) is 0.400. The molecule has 0 spiro atoms. The van der Waals surface area contributed by atoms with Gasteiger partial charge in [0.2, 0.25) is 0 Å². The van der Waals surface area contributed by atoms with Crippen LogP contribution in [0.3, 0.4) is 0 Å². The van der Waals surface area contributed by atoms with Crippen molar-refractivity contribution in [2.75, 3.05) is 19.5 Å². The first-order valence-electron chi connectivity index (χ1n) is 6.80. The van der Waals surface area contributed by atoms with Gasteiger partial charge < -0.3 is 10.1 Å². The summed E-state index contributed by atoms with van der Waals surface area (Å²) in [7, 11) is 3.53. The van der Waals surface area contributed by atoms with Crippen LogP contribution in [0.15, 0.2) is 18.3 Å². The van der Waals surface area contributed by atoms with E-state index in [-0.39, 0.29) is 0 Å². The Morgan fingerprint density at radius 1 is 1.25 bits per heavy atom. The van der Waals surface area contributed by atoms with Gasteiger partial charge in [0.25, 0.3) is 0 Å². The van der Waals surface area contributed by atoms with E-state index < -0.39 is 0 Å². The molecule has 5 nitrogen and oxygen atoms in total. The van der Waals surface area contributed by atoms with E-state index >= 15 is 0 Å². The van der Waals surface area contributed by atoms with Crippen molar-refractivity contribution < 1.29 is 4.74 Å². The van der Waals surface area contributed by atoms with E-state index in [1.807, 2.05) is 26.1 Å². The van der Waals surface area contributed by atoms with E-state index in [0.717, 1.165) is 34.3 Å². The molecule has 0 unspecified atom stereocenters. The predicted molar refractivity (Wildman–Crippen MR) is 78.1 cm³/mol. The smallest absolute Gasteiger partial charge is 0.146 e. The molecule has 2 heterocycles. The molecule has 5 heteroatoms. The minimum Gasteiger partial charge on any atom is -0.494 e. The largest absolute Gasteiger partial charge is 0.494 e. The summed E-state index contributed by atoms with van der Waals surface area (Å²) in [6, 6.07) is 3.76. The normalized spacial score (nSPS) is 14.2. The number of methoxy groups -OCH3 is 1. The third kappa shape index (κ3) is 2.19. The van der Waals surface area contributed by atoms with Gasteiger partial charge in [0.1, 0.15) is 28.8 Å². The van der Waals surface area contributed by atoms with Crippen LogP contribution in [0.4, 0.5) is 5.82 Å². The molecule has 1 aliphatic rings. The zero-order valence-electron chi connectivity index (χ0n) is 12.0. The summed E-state index contributed by atoms with van der Waals surface area (Å²) in [5, 5.41) is 3.15. The predicted octanol–water partition coefficient (Wildman–Crippen LogP) is 2.77. The zero-order valence-corrected chi connectivity index (χ0v) is 12.0. The van der Waals surface area contributed by atoms with Crippen LogP contribution in [0, 0.1) is 6.92 Å². The number of aromatic nitrogens is 3. The highest BCUT2D eigenvalue weighted by Crippen LogP contribution is 2.40. The minimum atomic E-state index is 0.496. The number of hydrogen-bond donors (Lipinski definition) is 1. The number of rotatable bonds is 4. The van der Waals surface area contributed by atoms with Gasteiger partial charge in [-0.25, -0.2) is 9.97 Å². The second-order valence-corrected chi connectivity index (χ2v) is 4.98. The van der Waals surface area contributed by atoms with E-state index in [1.54, 1.807) is 13.3 Å². The van der Waals surface area contributed by atoms with Crippen LogP contribution in [-0.4, -0.2) is 29.1 Å². The lowest BCUT2D eigenvalue weighted by Crippen LogP contribution is -2.06. The first kappa shape index (κ1) is 12.8. The van der Waals surface area contributed by atoms with Crippen LogP contribution < -0.4 is 10.1 Å². The lowest BCUT2D eigenvalue weighted by Gasteiger charge is -2.13. The Kier molecular flexibility index (Phi) is 3.26. The molecule has 0 aliphatic heterocycles. The Morgan fingerprint density at radius 2 is 2.05 bits per heavy atom. The monoisotopic (exact) mass is 270 g/mol. The minimum absolute atomic E-state index is 0.496. The third-order valence-corrected chi connectivity index (χ3v) is 3.56. The van der Waals surface area contributed by atoms with E-state index in [4.69, 9.17) is 9.72 Å². The molecule has 0 amide bonds. The molecule has 0 saturated heterocycles. The Labute approximate surface area is 118 Å². The van der Waals surface area contributed by atoms with Crippen molar-refractivity contribution in [2.24, 2.45) is 0 Å². The van der Waals surface area contributed by atoms with Gasteiger partial charge in [-0.15, -0.1) is 0 Å². The Balaban J connectivity index is 2.18. The van der Waals surface area contributed by atoms with E-state index in [2.05, 4.69) is 15.3 Å². The summed E-state index contributed by atoms with van der Waals surface area (Å²) in [6.45, 7) is 2.01. The summed E-state index contributed by atoms with van der Waals surface area (Å²) in [5.41, 5.74) is 2.62. The van der Waals surface area contributed by atoms with Crippen LogP contribution in [0.25, 0.3) is 11.4 Å². The highest BCUT2D eigenvalue weighted by atomic mass is 16.5. The molecular weight excluding hydrogens is 252 g/mol. The summed E-state index contributed by atoms with van der Waals surface area (Å²) >= 11 is 0. The summed E-state index contributed by atoms with van der Waals surface area (Å²) < 4.78 is 5.40. The Bertz CT molecular complexity index is 638. The lowest BCUT2D eigenvalue weighted by atomic mass is 10.1. The summed E-state index contributed by atoms with van der Waals surface area (Å²) in [6.07, 6.45) is 4.10. The number of hydrogen-bond acceptors (Lipinski definition) is 5. The van der Waals surface area contributed by atoms with Gasteiger partial charge in [0.05, 0.1) is 7.11 Å². The fourth-order valence-electron chi connectivity index (χ4n) is 2.27. The molecule has 0 radical (unpaired) electrons. The quantitative estimate of drug-likeness (QED) is 0.925. The maximum absolute atomic E-state index is 5.40. The van der Waals surface area contributed by atoms with Gasteiger partial charge in [-0.05, 0) is 31.9 Å². The summed E-state index contributed by atoms with van der Waals surface area (Å²) in [5.74, 6) is 3.00. The van der Waals surface area contributed by atoms with Crippen LogP contribution in [0.2, 0.25) is 0 Å². The van der Waals surface area contributed by atoms with Crippen molar-refractivity contribution >= 4 is 5.82 Å². The van der Waals surface area contributed by atoms with Gasteiger partial charge in [-0.2, -0.15) is 0 Å². The molecule has 1 N–H and O–H groups in total. The lowest BCUT2D eigenvalue weighted by molar-refractivity contribution is 0.414. The average Bonchev–Trinajstić information content (AvgIpc) is 3.32. The van der Waals surface area contributed by atoms with Gasteiger partial charge in [0.15, 0.2) is 0 Å². The second kappa shape index (κ2) is 5.07. The van der Waals surface area contributed by atoms with Gasteiger partial charge in [-0.3, -0.25) is 4.98 Å². The first-order chi connectivity index (χ1) is 9.74. The molecule has 2 aromatic rings. The van der Waals surface area contributed by atoms with Crippen LogP contribution >= 0.6 is 0 Å². The molecular formula is C15H18N4O. The average molecular weight is 270 g/mol. The van der Waals surface area contributed by atoms with E-state index in [9.17, 15) is 0 Å². The molecule has 3 rings (SSSR count). The molecule has 0 bridgehead atoms. The zero-order chi connectivity index (χ0) is 14.1. The Hall–Kier alpha value is -2.17. The number of nitrogens with one attached hydrogen (secondary N) is 1. The van der Waals surface area contributed by atoms with Crippen molar-refractivity contribution in [2.45, 2.75) is 25.7 Å². The van der Waals surface area contributed by atoms with Gasteiger partial charge in [0, 0.05) is 24.7 Å². The van der Waals surface area contributed by atoms with Crippen LogP contribution in [0.5, 0.6) is 5.75 Å². The highest BCUT2D eigenvalue weighted by molar-refractivity contribution is 5.70. The summed E-state index contributed by atoms with van der Waals surface area (Å²) in [4.78, 5) is 13.8. The van der Waals surface area contributed by atoms with Crippen molar-refractivity contribution in [1.29, 1.82) is 0 Å². The maximum Gasteiger partial charge on any atom is 0.146 e. The molecule has 1 aliphatic carbocycles. The van der Waals surface area contributed by atoms with Crippen molar-refractivity contribution in [3.8, 4) is 17.1 Å². The van der Waals surface area contributed by atoms with E-state index in [0.29, 0.717) is 5.92 Å². The SMILES string of the molecule is CNc1nc(C2CC2)nc(-c2ncccc2OC)c1C. The van der Waals surface area contributed by atoms with Gasteiger partial charge >= 0.3 is 0 Å². The topological polar surface area (TPSA) is 59.9 Å². The number of nitrogens with zero attached hydrogens (tertiary/aromatic N) is 3. The molecule has 1 saturated carbocycles. The fourth-order valence-corrected chi connectivity index (χ4v) is 2.27. The number of anilines is 1. The number of pyridine rings is 1.